The van der Waals surface area contributed by atoms with E-state index in [1.807, 2.05) is 85.8 Å². The second-order valence-electron chi connectivity index (χ2n) is 11.9. The highest BCUT2D eigenvalue weighted by atomic mass is 32.2. The molecule has 2 fully saturated rings. The number of benzene rings is 4. The van der Waals surface area contributed by atoms with E-state index in [0.717, 1.165) is 16.7 Å². The van der Waals surface area contributed by atoms with Crippen LogP contribution in [0.5, 0.6) is 17.2 Å². The summed E-state index contributed by atoms with van der Waals surface area (Å²) in [7, 11) is -3.71. The van der Waals surface area contributed by atoms with Crippen molar-refractivity contribution in [1.82, 2.24) is 4.31 Å². The van der Waals surface area contributed by atoms with Crippen molar-refractivity contribution in [3.05, 3.63) is 121 Å². The van der Waals surface area contributed by atoms with E-state index in [0.29, 0.717) is 48.7 Å². The molecule has 0 aromatic heterocycles. The Labute approximate surface area is 269 Å². The number of ether oxygens (including phenoxy) is 3. The molecule has 8 nitrogen and oxygen atoms in total. The van der Waals surface area contributed by atoms with Gasteiger partial charge in [-0.2, -0.15) is 4.31 Å². The SMILES string of the molecule is C=C(C)[C@H]1C[C@H]2CN(S(=O)(=O)c3ccc(-c4ccccc4)cc3)CC[C@@H]2O[C@@H]1c1cc(Oc2ccccc2)ccc1OCC(=O)O. The Hall–Kier alpha value is -4.44. The van der Waals surface area contributed by atoms with E-state index in [2.05, 4.69) is 6.58 Å². The molecule has 4 aromatic rings. The highest BCUT2D eigenvalue weighted by molar-refractivity contribution is 7.89. The Balaban J connectivity index is 1.23. The zero-order chi connectivity index (χ0) is 32.3. The maximum absolute atomic E-state index is 13.8. The van der Waals surface area contributed by atoms with Crippen LogP contribution in [0.4, 0.5) is 0 Å². The Morgan fingerprint density at radius 3 is 2.28 bits per heavy atom. The lowest BCUT2D eigenvalue weighted by molar-refractivity contribution is -0.139. The van der Waals surface area contributed by atoms with Crippen molar-refractivity contribution in [3.63, 3.8) is 0 Å². The number of carboxylic acids is 1. The minimum atomic E-state index is -3.71. The normalized spacial score (nSPS) is 21.6. The second kappa shape index (κ2) is 13.5. The van der Waals surface area contributed by atoms with E-state index in [4.69, 9.17) is 14.2 Å². The topological polar surface area (TPSA) is 102 Å². The van der Waals surface area contributed by atoms with Gasteiger partial charge in [0.2, 0.25) is 10.0 Å². The molecule has 9 heteroatoms. The summed E-state index contributed by atoms with van der Waals surface area (Å²) in [5.41, 5.74) is 3.55. The molecule has 2 heterocycles. The number of hydrogen-bond donors (Lipinski definition) is 1. The molecule has 46 heavy (non-hydrogen) atoms. The number of para-hydroxylation sites is 1. The summed E-state index contributed by atoms with van der Waals surface area (Å²) in [5, 5.41) is 9.31. The zero-order valence-corrected chi connectivity index (χ0v) is 26.4. The quantitative estimate of drug-likeness (QED) is 0.181. The summed E-state index contributed by atoms with van der Waals surface area (Å²) in [6, 6.07) is 31.6. The Morgan fingerprint density at radius 1 is 0.935 bits per heavy atom. The number of nitrogens with zero attached hydrogens (tertiary/aromatic N) is 1. The van der Waals surface area contributed by atoms with Gasteiger partial charge in [0.15, 0.2) is 6.61 Å². The third-order valence-electron chi connectivity index (χ3n) is 8.72. The molecule has 0 saturated carbocycles. The highest BCUT2D eigenvalue weighted by Gasteiger charge is 2.45. The zero-order valence-electron chi connectivity index (χ0n) is 25.6. The summed E-state index contributed by atoms with van der Waals surface area (Å²) in [6.45, 7) is 6.36. The van der Waals surface area contributed by atoms with Gasteiger partial charge in [0.25, 0.3) is 0 Å². The molecule has 0 radical (unpaired) electrons. The molecular formula is C37H37NO7S. The molecule has 0 bridgehead atoms. The van der Waals surface area contributed by atoms with Crippen LogP contribution in [0.25, 0.3) is 11.1 Å². The maximum atomic E-state index is 13.8. The van der Waals surface area contributed by atoms with Crippen LogP contribution in [-0.2, 0) is 19.6 Å². The first kappa shape index (κ1) is 31.5. The Bertz CT molecular complexity index is 1790. The number of sulfonamides is 1. The molecule has 4 aromatic carbocycles. The molecule has 2 saturated heterocycles. The number of carboxylic acid groups (broad SMARTS) is 1. The van der Waals surface area contributed by atoms with Crippen molar-refractivity contribution in [2.75, 3.05) is 19.7 Å². The van der Waals surface area contributed by atoms with Crippen molar-refractivity contribution < 1.29 is 32.5 Å². The molecule has 2 aliphatic heterocycles. The number of carbonyl (C=O) groups is 1. The molecule has 0 spiro atoms. The van der Waals surface area contributed by atoms with Gasteiger partial charge in [-0.15, -0.1) is 0 Å². The molecule has 2 aliphatic rings. The lowest BCUT2D eigenvalue weighted by atomic mass is 9.76. The molecule has 0 unspecified atom stereocenters. The first-order chi connectivity index (χ1) is 22.2. The van der Waals surface area contributed by atoms with Crippen LogP contribution in [0.3, 0.4) is 0 Å². The summed E-state index contributed by atoms with van der Waals surface area (Å²) in [6.07, 6.45) is 0.511. The van der Waals surface area contributed by atoms with Crippen LogP contribution < -0.4 is 9.47 Å². The molecule has 238 valence electrons. The van der Waals surface area contributed by atoms with Gasteiger partial charge >= 0.3 is 5.97 Å². The van der Waals surface area contributed by atoms with Gasteiger partial charge in [0.1, 0.15) is 17.2 Å². The standard InChI is InChI=1S/C37H37NO7S/c1-25(2)32-21-28-23-38(46(41,42)31-16-13-27(14-17-31)26-9-5-3-6-10-26)20-19-34(28)45-37(32)33-22-30(44-29-11-7-4-8-12-29)15-18-35(33)43-24-36(39)40/h3-18,22,28,32,34,37H,1,19-21,23-24H2,2H3,(H,39,40)/t28-,32+,34-,37-/m0/s1. The monoisotopic (exact) mass is 639 g/mol. The predicted molar refractivity (Wildman–Crippen MR) is 175 cm³/mol. The first-order valence-corrected chi connectivity index (χ1v) is 16.8. The van der Waals surface area contributed by atoms with Crippen LogP contribution in [0, 0.1) is 11.8 Å². The minimum Gasteiger partial charge on any atom is -0.482 e. The Kier molecular flexibility index (Phi) is 9.26. The van der Waals surface area contributed by atoms with E-state index in [1.54, 1.807) is 28.6 Å². The highest BCUT2D eigenvalue weighted by Crippen LogP contribution is 2.48. The second-order valence-corrected chi connectivity index (χ2v) is 13.8. The molecule has 6 rings (SSSR count). The van der Waals surface area contributed by atoms with Crippen molar-refractivity contribution in [1.29, 1.82) is 0 Å². The molecule has 0 aliphatic carbocycles. The van der Waals surface area contributed by atoms with Gasteiger partial charge in [-0.05, 0) is 79.3 Å². The van der Waals surface area contributed by atoms with Gasteiger partial charge < -0.3 is 19.3 Å². The summed E-state index contributed by atoms with van der Waals surface area (Å²) in [5.74, 6) is 0.341. The predicted octanol–water partition coefficient (Wildman–Crippen LogP) is 7.34. The number of piperidine rings is 1. The summed E-state index contributed by atoms with van der Waals surface area (Å²) >= 11 is 0. The smallest absolute Gasteiger partial charge is 0.341 e. The van der Waals surface area contributed by atoms with Crippen molar-refractivity contribution in [2.45, 2.75) is 36.9 Å². The van der Waals surface area contributed by atoms with Crippen LogP contribution in [-0.4, -0.2) is 49.6 Å². The van der Waals surface area contributed by atoms with E-state index in [9.17, 15) is 18.3 Å². The number of rotatable bonds is 10. The molecule has 4 atom stereocenters. The lowest BCUT2D eigenvalue weighted by Crippen LogP contribution is -2.50. The van der Waals surface area contributed by atoms with Gasteiger partial charge in [-0.1, -0.05) is 72.8 Å². The molecular weight excluding hydrogens is 602 g/mol. The average molecular weight is 640 g/mol. The van der Waals surface area contributed by atoms with Gasteiger partial charge in [-0.25, -0.2) is 13.2 Å². The fourth-order valence-corrected chi connectivity index (χ4v) is 7.90. The van der Waals surface area contributed by atoms with E-state index < -0.39 is 28.7 Å². The fourth-order valence-electron chi connectivity index (χ4n) is 6.39. The van der Waals surface area contributed by atoms with Gasteiger partial charge in [0.05, 0.1) is 17.1 Å². The number of aliphatic carboxylic acids is 1. The van der Waals surface area contributed by atoms with E-state index in [1.165, 1.54) is 0 Å². The van der Waals surface area contributed by atoms with Crippen LogP contribution in [0.1, 0.15) is 31.4 Å². The fraction of sp³-hybridized carbons (Fsp3) is 0.270. The van der Waals surface area contributed by atoms with Crippen LogP contribution >= 0.6 is 0 Å². The van der Waals surface area contributed by atoms with Crippen LogP contribution in [0.2, 0.25) is 0 Å². The van der Waals surface area contributed by atoms with Crippen molar-refractivity contribution in [3.8, 4) is 28.4 Å². The average Bonchev–Trinajstić information content (AvgIpc) is 3.07. The maximum Gasteiger partial charge on any atom is 0.341 e. The first-order valence-electron chi connectivity index (χ1n) is 15.4. The van der Waals surface area contributed by atoms with Gasteiger partial charge in [0, 0.05) is 24.6 Å². The van der Waals surface area contributed by atoms with E-state index >= 15 is 0 Å². The number of fused-ring (bicyclic) bond motifs is 1. The van der Waals surface area contributed by atoms with E-state index in [-0.39, 0.29) is 22.8 Å². The van der Waals surface area contributed by atoms with Crippen LogP contribution in [0.15, 0.2) is 120 Å². The van der Waals surface area contributed by atoms with Crippen molar-refractivity contribution in [2.24, 2.45) is 11.8 Å². The molecule has 1 N–H and O–H groups in total. The van der Waals surface area contributed by atoms with Crippen molar-refractivity contribution >= 4 is 16.0 Å². The largest absolute Gasteiger partial charge is 0.482 e. The third-order valence-corrected chi connectivity index (χ3v) is 10.6. The third kappa shape index (κ3) is 6.87. The summed E-state index contributed by atoms with van der Waals surface area (Å²) in [4.78, 5) is 11.6. The minimum absolute atomic E-state index is 0.0443. The van der Waals surface area contributed by atoms with Gasteiger partial charge in [-0.3, -0.25) is 0 Å². The molecule has 0 amide bonds. The summed E-state index contributed by atoms with van der Waals surface area (Å²) < 4.78 is 47.7. The Morgan fingerprint density at radius 2 is 1.61 bits per heavy atom. The number of hydrogen-bond acceptors (Lipinski definition) is 6. The lowest BCUT2D eigenvalue weighted by Gasteiger charge is -2.47.